The lowest BCUT2D eigenvalue weighted by atomic mass is 10.1. The molecule has 8 nitrogen and oxygen atoms in total. The first-order chi connectivity index (χ1) is 14.3. The lowest BCUT2D eigenvalue weighted by Gasteiger charge is -2.22. The van der Waals surface area contributed by atoms with Crippen LogP contribution in [0.2, 0.25) is 0 Å². The summed E-state index contributed by atoms with van der Waals surface area (Å²) in [5, 5.41) is 4.93. The van der Waals surface area contributed by atoms with Gasteiger partial charge in [-0.3, -0.25) is 14.5 Å². The van der Waals surface area contributed by atoms with Crippen molar-refractivity contribution in [3.63, 3.8) is 0 Å². The van der Waals surface area contributed by atoms with E-state index in [0.29, 0.717) is 29.4 Å². The van der Waals surface area contributed by atoms with Crippen LogP contribution in [0.3, 0.4) is 0 Å². The Morgan fingerprint density at radius 3 is 2.40 bits per heavy atom. The van der Waals surface area contributed by atoms with Gasteiger partial charge in [0.05, 0.1) is 19.7 Å². The Bertz CT molecular complexity index is 885. The second-order valence-electron chi connectivity index (χ2n) is 6.77. The molecule has 1 N–H and O–H groups in total. The highest BCUT2D eigenvalue weighted by atomic mass is 32.1. The van der Waals surface area contributed by atoms with Crippen molar-refractivity contribution < 1.29 is 23.5 Å². The topological polar surface area (TPSA) is 92.1 Å². The minimum absolute atomic E-state index is 0.0162. The van der Waals surface area contributed by atoms with Crippen LogP contribution in [0.5, 0.6) is 0 Å². The zero-order valence-corrected chi connectivity index (χ0v) is 18.9. The number of hydrogen-bond donors (Lipinski definition) is 1. The summed E-state index contributed by atoms with van der Waals surface area (Å²) in [4.78, 5) is 40.7. The van der Waals surface area contributed by atoms with Crippen LogP contribution in [0.15, 0.2) is 21.9 Å². The fourth-order valence-electron chi connectivity index (χ4n) is 2.99. The molecule has 0 aliphatic rings. The van der Waals surface area contributed by atoms with E-state index in [1.807, 2.05) is 26.8 Å². The molecule has 0 bridgehead atoms. The summed E-state index contributed by atoms with van der Waals surface area (Å²) in [6.45, 7) is 9.00. The number of rotatable bonds is 10. The Balaban J connectivity index is 2.13. The number of esters is 1. The molecule has 164 valence electrons. The van der Waals surface area contributed by atoms with Gasteiger partial charge in [0.1, 0.15) is 22.1 Å². The van der Waals surface area contributed by atoms with Gasteiger partial charge in [0, 0.05) is 24.0 Å². The molecule has 2 heterocycles. The minimum atomic E-state index is -0.525. The van der Waals surface area contributed by atoms with Gasteiger partial charge in [0.15, 0.2) is 0 Å². The van der Waals surface area contributed by atoms with Crippen LogP contribution in [0.25, 0.3) is 11.3 Å². The normalized spacial score (nSPS) is 10.9. The molecule has 0 aromatic carbocycles. The van der Waals surface area contributed by atoms with Gasteiger partial charge < -0.3 is 19.4 Å². The van der Waals surface area contributed by atoms with Gasteiger partial charge in [-0.2, -0.15) is 0 Å². The third-order valence-electron chi connectivity index (χ3n) is 4.46. The molecule has 0 aliphatic carbocycles. The molecule has 0 unspecified atom stereocenters. The lowest BCUT2D eigenvalue weighted by Crippen LogP contribution is -2.41. The molecule has 0 saturated carbocycles. The number of hydrogen-bond acceptors (Lipinski definition) is 7. The van der Waals surface area contributed by atoms with E-state index in [1.54, 1.807) is 35.2 Å². The molecule has 2 aromatic rings. The average molecular weight is 436 g/mol. The number of carbonyl (C=O) groups is 3. The summed E-state index contributed by atoms with van der Waals surface area (Å²) >= 11 is 1.23. The van der Waals surface area contributed by atoms with Crippen LogP contribution in [-0.4, -0.2) is 67.4 Å². The van der Waals surface area contributed by atoms with Crippen LogP contribution in [-0.2, 0) is 14.3 Å². The summed E-state index contributed by atoms with van der Waals surface area (Å²) in [7, 11) is 1.71. The average Bonchev–Trinajstić information content (AvgIpc) is 3.28. The summed E-state index contributed by atoms with van der Waals surface area (Å²) in [5.74, 6) is 0.377. The zero-order valence-electron chi connectivity index (χ0n) is 18.1. The molecule has 0 fully saturated rings. The quantitative estimate of drug-likeness (QED) is 0.576. The van der Waals surface area contributed by atoms with Gasteiger partial charge in [-0.25, -0.2) is 4.79 Å². The van der Waals surface area contributed by atoms with Crippen LogP contribution >= 0.6 is 11.3 Å². The van der Waals surface area contributed by atoms with Crippen molar-refractivity contribution in [1.82, 2.24) is 9.80 Å². The number of carbonyl (C=O) groups excluding carboxylic acids is 3. The molecule has 9 heteroatoms. The maximum atomic E-state index is 12.5. The van der Waals surface area contributed by atoms with E-state index < -0.39 is 5.97 Å². The van der Waals surface area contributed by atoms with Crippen molar-refractivity contribution >= 4 is 34.1 Å². The van der Waals surface area contributed by atoms with Gasteiger partial charge in [-0.15, -0.1) is 11.3 Å². The second kappa shape index (κ2) is 10.9. The first-order valence-electron chi connectivity index (χ1n) is 9.92. The predicted octanol–water partition coefficient (Wildman–Crippen LogP) is 3.23. The number of nitrogens with one attached hydrogen (secondary N) is 1. The maximum absolute atomic E-state index is 12.5. The molecule has 30 heavy (non-hydrogen) atoms. The number of ether oxygens (including phenoxy) is 1. The summed E-state index contributed by atoms with van der Waals surface area (Å²) in [5.41, 5.74) is 0.846. The lowest BCUT2D eigenvalue weighted by molar-refractivity contribution is -0.132. The van der Waals surface area contributed by atoms with Crippen molar-refractivity contribution in [2.75, 3.05) is 45.2 Å². The molecule has 0 atom stereocenters. The highest BCUT2D eigenvalue weighted by Crippen LogP contribution is 2.37. The third kappa shape index (κ3) is 5.93. The Hall–Kier alpha value is -2.65. The first-order valence-corrected chi connectivity index (χ1v) is 10.8. The number of anilines is 1. The number of nitrogens with zero attached hydrogens (tertiary/aromatic N) is 2. The van der Waals surface area contributed by atoms with Crippen LogP contribution in [0, 0.1) is 6.92 Å². The van der Waals surface area contributed by atoms with Crippen molar-refractivity contribution in [2.24, 2.45) is 0 Å². The molecule has 2 rings (SSSR count). The van der Waals surface area contributed by atoms with E-state index in [2.05, 4.69) is 5.32 Å². The maximum Gasteiger partial charge on any atom is 0.341 e. The molecule has 0 spiro atoms. The van der Waals surface area contributed by atoms with Crippen molar-refractivity contribution in [2.45, 2.75) is 27.7 Å². The van der Waals surface area contributed by atoms with Crippen LogP contribution < -0.4 is 5.32 Å². The number of aryl methyl sites for hydroxylation is 1. The summed E-state index contributed by atoms with van der Waals surface area (Å²) in [6, 6.07) is 3.58. The third-order valence-corrected chi connectivity index (χ3v) is 5.36. The molecule has 2 amide bonds. The molecular weight excluding hydrogens is 406 g/mol. The van der Waals surface area contributed by atoms with Gasteiger partial charge >= 0.3 is 5.97 Å². The van der Waals surface area contributed by atoms with Crippen molar-refractivity contribution in [3.8, 4) is 11.3 Å². The Morgan fingerprint density at radius 2 is 1.83 bits per heavy atom. The summed E-state index contributed by atoms with van der Waals surface area (Å²) in [6.07, 6.45) is 0. The highest BCUT2D eigenvalue weighted by molar-refractivity contribution is 7.15. The second-order valence-corrected chi connectivity index (χ2v) is 7.65. The van der Waals surface area contributed by atoms with Gasteiger partial charge in [-0.1, -0.05) is 0 Å². The van der Waals surface area contributed by atoms with Gasteiger partial charge in [0.25, 0.3) is 0 Å². The number of amides is 2. The van der Waals surface area contributed by atoms with Gasteiger partial charge in [0.2, 0.25) is 11.8 Å². The highest BCUT2D eigenvalue weighted by Gasteiger charge is 2.25. The van der Waals surface area contributed by atoms with E-state index >= 15 is 0 Å². The van der Waals surface area contributed by atoms with E-state index in [-0.39, 0.29) is 37.1 Å². The van der Waals surface area contributed by atoms with Crippen LogP contribution in [0.4, 0.5) is 5.00 Å². The van der Waals surface area contributed by atoms with Crippen molar-refractivity contribution in [3.05, 3.63) is 28.8 Å². The van der Waals surface area contributed by atoms with Gasteiger partial charge in [-0.05, 0) is 46.9 Å². The standard InChI is InChI=1S/C21H29N3O5S/c1-6-24(7-2)18(26)12-23(5)11-17(25)22-20-19(21(27)28-8-3)15(13-30-20)16-10-9-14(4)29-16/h9-10,13H,6-8,11-12H2,1-5H3,(H,22,25). The van der Waals surface area contributed by atoms with E-state index in [9.17, 15) is 14.4 Å². The van der Waals surface area contributed by atoms with Crippen molar-refractivity contribution in [1.29, 1.82) is 0 Å². The molecule has 0 radical (unpaired) electrons. The predicted molar refractivity (Wildman–Crippen MR) is 117 cm³/mol. The molecule has 2 aromatic heterocycles. The van der Waals surface area contributed by atoms with E-state index in [4.69, 9.17) is 9.15 Å². The van der Waals surface area contributed by atoms with E-state index in [0.717, 1.165) is 5.76 Å². The number of likely N-dealkylation sites (N-methyl/N-ethyl adjacent to an activating group) is 2. The molecule has 0 aliphatic heterocycles. The number of thiophene rings is 1. The Labute approximate surface area is 180 Å². The fraction of sp³-hybridized carbons (Fsp3) is 0.476. The first kappa shape index (κ1) is 23.6. The molecular formula is C21H29N3O5S. The largest absolute Gasteiger partial charge is 0.462 e. The Morgan fingerprint density at radius 1 is 1.13 bits per heavy atom. The van der Waals surface area contributed by atoms with Crippen LogP contribution in [0.1, 0.15) is 36.9 Å². The zero-order chi connectivity index (χ0) is 22.3. The minimum Gasteiger partial charge on any atom is -0.462 e. The Kier molecular flexibility index (Phi) is 8.61. The number of furan rings is 1. The van der Waals surface area contributed by atoms with E-state index in [1.165, 1.54) is 11.3 Å². The fourth-order valence-corrected chi connectivity index (χ4v) is 3.94. The summed E-state index contributed by atoms with van der Waals surface area (Å²) < 4.78 is 10.8. The molecule has 0 saturated heterocycles. The monoisotopic (exact) mass is 435 g/mol. The smallest absolute Gasteiger partial charge is 0.341 e. The SMILES string of the molecule is CCOC(=O)c1c(-c2ccc(C)o2)csc1NC(=O)CN(C)CC(=O)N(CC)CC.